The van der Waals surface area contributed by atoms with Crippen LogP contribution in [0.25, 0.3) is 0 Å². The fourth-order valence-electron chi connectivity index (χ4n) is 2.98. The zero-order chi connectivity index (χ0) is 9.26. The predicted octanol–water partition coefficient (Wildman–Crippen LogP) is 3.24. The normalized spacial score (nSPS) is 40.4. The molecule has 0 aromatic heterocycles. The molecule has 1 saturated heterocycles. The van der Waals surface area contributed by atoms with E-state index < -0.39 is 0 Å². The Labute approximate surface area is 81.9 Å². The van der Waals surface area contributed by atoms with Gasteiger partial charge in [0.05, 0.1) is 6.10 Å². The van der Waals surface area contributed by atoms with Crippen molar-refractivity contribution in [3.05, 3.63) is 0 Å². The highest BCUT2D eigenvalue weighted by Gasteiger charge is 2.33. The Hall–Kier alpha value is -0.0400. The molecule has 1 saturated carbocycles. The van der Waals surface area contributed by atoms with Crippen molar-refractivity contribution in [2.24, 2.45) is 17.8 Å². The van der Waals surface area contributed by atoms with Crippen molar-refractivity contribution in [2.75, 3.05) is 6.61 Å². The van der Waals surface area contributed by atoms with Crippen LogP contribution in [0.3, 0.4) is 0 Å². The monoisotopic (exact) mass is 182 g/mol. The van der Waals surface area contributed by atoms with Crippen LogP contribution in [0.15, 0.2) is 0 Å². The first kappa shape index (κ1) is 9.51. The van der Waals surface area contributed by atoms with E-state index in [9.17, 15) is 0 Å². The summed E-state index contributed by atoms with van der Waals surface area (Å²) in [5.41, 5.74) is 0. The molecule has 76 valence electrons. The van der Waals surface area contributed by atoms with Gasteiger partial charge >= 0.3 is 0 Å². The average molecular weight is 182 g/mol. The fourth-order valence-corrected chi connectivity index (χ4v) is 2.98. The minimum atomic E-state index is 0.628. The predicted molar refractivity (Wildman–Crippen MR) is 54.6 cm³/mol. The van der Waals surface area contributed by atoms with E-state index in [4.69, 9.17) is 4.74 Å². The van der Waals surface area contributed by atoms with Gasteiger partial charge in [0.15, 0.2) is 0 Å². The lowest BCUT2D eigenvalue weighted by atomic mass is 9.72. The van der Waals surface area contributed by atoms with Gasteiger partial charge in [-0.3, -0.25) is 0 Å². The number of rotatable bonds is 1. The van der Waals surface area contributed by atoms with E-state index in [1.165, 1.54) is 32.1 Å². The van der Waals surface area contributed by atoms with Crippen molar-refractivity contribution in [2.45, 2.75) is 52.1 Å². The summed E-state index contributed by atoms with van der Waals surface area (Å²) >= 11 is 0. The third-order valence-corrected chi connectivity index (χ3v) is 3.95. The first-order chi connectivity index (χ1) is 6.27. The number of fused-ring (bicyclic) bond motifs is 1. The number of hydrogen-bond donors (Lipinski definition) is 0. The molecule has 0 N–H and O–H groups in total. The van der Waals surface area contributed by atoms with Gasteiger partial charge in [-0.15, -0.1) is 0 Å². The second kappa shape index (κ2) is 4.00. The molecule has 0 bridgehead atoms. The highest BCUT2D eigenvalue weighted by molar-refractivity contribution is 4.84. The zero-order valence-corrected chi connectivity index (χ0v) is 8.96. The summed E-state index contributed by atoms with van der Waals surface area (Å²) in [7, 11) is 0. The lowest BCUT2D eigenvalue weighted by Crippen LogP contribution is -2.36. The molecular weight excluding hydrogens is 160 g/mol. The average Bonchev–Trinajstić information content (AvgIpc) is 2.17. The first-order valence-electron chi connectivity index (χ1n) is 5.89. The van der Waals surface area contributed by atoms with Gasteiger partial charge in [-0.1, -0.05) is 13.8 Å². The van der Waals surface area contributed by atoms with Gasteiger partial charge in [0.25, 0.3) is 0 Å². The molecule has 3 unspecified atom stereocenters. The van der Waals surface area contributed by atoms with Gasteiger partial charge in [-0.25, -0.2) is 0 Å². The summed E-state index contributed by atoms with van der Waals surface area (Å²) in [6, 6.07) is 0. The Morgan fingerprint density at radius 2 is 2.00 bits per heavy atom. The summed E-state index contributed by atoms with van der Waals surface area (Å²) < 4.78 is 5.81. The molecule has 0 spiro atoms. The molecule has 1 aliphatic heterocycles. The zero-order valence-electron chi connectivity index (χ0n) is 8.96. The highest BCUT2D eigenvalue weighted by atomic mass is 16.5. The molecule has 1 nitrogen and oxygen atoms in total. The lowest BCUT2D eigenvalue weighted by Gasteiger charge is -2.40. The molecule has 0 amide bonds. The van der Waals surface area contributed by atoms with E-state index in [0.717, 1.165) is 24.4 Å². The van der Waals surface area contributed by atoms with Crippen LogP contribution in [0.1, 0.15) is 46.0 Å². The molecule has 2 fully saturated rings. The Balaban J connectivity index is 1.91. The maximum atomic E-state index is 5.81. The molecule has 1 aliphatic carbocycles. The van der Waals surface area contributed by atoms with Gasteiger partial charge in [0.1, 0.15) is 0 Å². The standard InChI is InChI=1S/C12H22O/c1-9(2)10-5-6-12-11(8-10)4-3-7-13-12/h9-12H,3-8H2,1-2H3. The molecule has 13 heavy (non-hydrogen) atoms. The van der Waals surface area contributed by atoms with Crippen LogP contribution in [0.2, 0.25) is 0 Å². The van der Waals surface area contributed by atoms with E-state index >= 15 is 0 Å². The summed E-state index contributed by atoms with van der Waals surface area (Å²) in [4.78, 5) is 0. The van der Waals surface area contributed by atoms with E-state index in [-0.39, 0.29) is 0 Å². The quantitative estimate of drug-likeness (QED) is 0.605. The SMILES string of the molecule is CC(C)C1CCC2OCCCC2C1. The van der Waals surface area contributed by atoms with Crippen LogP contribution in [-0.2, 0) is 4.74 Å². The van der Waals surface area contributed by atoms with Crippen molar-refractivity contribution >= 4 is 0 Å². The van der Waals surface area contributed by atoms with Crippen molar-refractivity contribution in [1.82, 2.24) is 0 Å². The van der Waals surface area contributed by atoms with Gasteiger partial charge < -0.3 is 4.74 Å². The van der Waals surface area contributed by atoms with Crippen molar-refractivity contribution in [1.29, 1.82) is 0 Å². The van der Waals surface area contributed by atoms with Gasteiger partial charge in [0, 0.05) is 6.61 Å². The maximum Gasteiger partial charge on any atom is 0.0603 e. The Kier molecular flexibility index (Phi) is 2.92. The van der Waals surface area contributed by atoms with Crippen LogP contribution in [0, 0.1) is 17.8 Å². The highest BCUT2D eigenvalue weighted by Crippen LogP contribution is 2.39. The molecule has 2 rings (SSSR count). The van der Waals surface area contributed by atoms with E-state index in [1.54, 1.807) is 0 Å². The van der Waals surface area contributed by atoms with Crippen molar-refractivity contribution < 1.29 is 4.74 Å². The first-order valence-corrected chi connectivity index (χ1v) is 5.89. The van der Waals surface area contributed by atoms with Crippen LogP contribution >= 0.6 is 0 Å². The van der Waals surface area contributed by atoms with Crippen LogP contribution in [-0.4, -0.2) is 12.7 Å². The van der Waals surface area contributed by atoms with Gasteiger partial charge in [-0.05, 0) is 49.9 Å². The van der Waals surface area contributed by atoms with Crippen molar-refractivity contribution in [3.8, 4) is 0 Å². The molecule has 3 atom stereocenters. The summed E-state index contributed by atoms with van der Waals surface area (Å²) in [6.07, 6.45) is 7.51. The second-order valence-electron chi connectivity index (χ2n) is 5.13. The largest absolute Gasteiger partial charge is 0.378 e. The Morgan fingerprint density at radius 3 is 2.77 bits per heavy atom. The summed E-state index contributed by atoms with van der Waals surface area (Å²) in [5, 5.41) is 0. The third kappa shape index (κ3) is 2.07. The Bertz CT molecular complexity index is 165. The van der Waals surface area contributed by atoms with Crippen molar-refractivity contribution in [3.63, 3.8) is 0 Å². The van der Waals surface area contributed by atoms with E-state index in [0.29, 0.717) is 6.10 Å². The molecule has 1 heterocycles. The minimum absolute atomic E-state index is 0.628. The van der Waals surface area contributed by atoms with Gasteiger partial charge in [0.2, 0.25) is 0 Å². The second-order valence-corrected chi connectivity index (χ2v) is 5.13. The summed E-state index contributed by atoms with van der Waals surface area (Å²) in [5.74, 6) is 2.75. The lowest BCUT2D eigenvalue weighted by molar-refractivity contribution is -0.0622. The van der Waals surface area contributed by atoms with Crippen LogP contribution < -0.4 is 0 Å². The van der Waals surface area contributed by atoms with E-state index in [2.05, 4.69) is 13.8 Å². The Morgan fingerprint density at radius 1 is 1.15 bits per heavy atom. The molecule has 0 aromatic rings. The molecule has 1 heteroatoms. The molecule has 2 aliphatic rings. The van der Waals surface area contributed by atoms with Crippen LogP contribution in [0.4, 0.5) is 0 Å². The topological polar surface area (TPSA) is 9.23 Å². The summed E-state index contributed by atoms with van der Waals surface area (Å²) in [6.45, 7) is 5.76. The number of hydrogen-bond acceptors (Lipinski definition) is 1. The smallest absolute Gasteiger partial charge is 0.0603 e. The van der Waals surface area contributed by atoms with Gasteiger partial charge in [-0.2, -0.15) is 0 Å². The maximum absolute atomic E-state index is 5.81. The molecular formula is C12H22O. The number of ether oxygens (including phenoxy) is 1. The molecule has 0 aromatic carbocycles. The third-order valence-electron chi connectivity index (χ3n) is 3.95. The van der Waals surface area contributed by atoms with Crippen LogP contribution in [0.5, 0.6) is 0 Å². The van der Waals surface area contributed by atoms with E-state index in [1.807, 2.05) is 0 Å². The fraction of sp³-hybridized carbons (Fsp3) is 1.00. The minimum Gasteiger partial charge on any atom is -0.378 e. The molecule has 0 radical (unpaired) electrons.